The summed E-state index contributed by atoms with van der Waals surface area (Å²) < 4.78 is 4.62. The Bertz CT molecular complexity index is 501. The Morgan fingerprint density at radius 2 is 2.25 bits per heavy atom. The second-order valence-corrected chi connectivity index (χ2v) is 4.70. The lowest BCUT2D eigenvalue weighted by molar-refractivity contribution is 0.302. The molecule has 0 radical (unpaired) electrons. The van der Waals surface area contributed by atoms with E-state index in [0.29, 0.717) is 16.5 Å². The third kappa shape index (κ3) is 2.48. The van der Waals surface area contributed by atoms with Crippen LogP contribution in [0.5, 0.6) is 0 Å². The van der Waals surface area contributed by atoms with Crippen LogP contribution in [0.1, 0.15) is 11.4 Å². The molecule has 2 N–H and O–H groups in total. The molecule has 1 heterocycles. The Morgan fingerprint density at radius 3 is 2.88 bits per heavy atom. The van der Waals surface area contributed by atoms with Gasteiger partial charge in [0.1, 0.15) is 11.4 Å². The Labute approximate surface area is 102 Å². The summed E-state index contributed by atoms with van der Waals surface area (Å²) in [7, 11) is 0. The molecule has 0 unspecified atom stereocenters. The topological polar surface area (TPSA) is 64.9 Å². The minimum atomic E-state index is 0.652. The average molecular weight is 256 g/mol. The highest BCUT2D eigenvalue weighted by atomic mass is 35.5. The fraction of sp³-hybridized carbons (Fsp3) is 0.200. The zero-order valence-electron chi connectivity index (χ0n) is 8.61. The molecule has 0 saturated carbocycles. The molecule has 0 fully saturated rings. The molecule has 0 aliphatic carbocycles. The number of aryl methyl sites for hydroxylation is 1. The molecule has 0 spiro atoms. The number of hydrogen-bond donors (Lipinski definition) is 1. The molecule has 6 heteroatoms. The van der Waals surface area contributed by atoms with Crippen molar-refractivity contribution in [2.75, 3.05) is 5.73 Å². The maximum Gasteiger partial charge on any atom is 0.118 e. The van der Waals surface area contributed by atoms with Crippen LogP contribution in [0.3, 0.4) is 0 Å². The first kappa shape index (κ1) is 11.3. The van der Waals surface area contributed by atoms with Gasteiger partial charge in [-0.1, -0.05) is 21.9 Å². The summed E-state index contributed by atoms with van der Waals surface area (Å²) in [5.41, 5.74) is 7.91. The van der Waals surface area contributed by atoms with Crippen molar-refractivity contribution in [3.63, 3.8) is 0 Å². The van der Waals surface area contributed by atoms with Gasteiger partial charge >= 0.3 is 0 Å². The third-order valence-corrected chi connectivity index (χ3v) is 3.58. The van der Waals surface area contributed by atoms with E-state index in [9.17, 15) is 0 Å². The molecule has 0 saturated heterocycles. The smallest absolute Gasteiger partial charge is 0.118 e. The summed E-state index contributed by atoms with van der Waals surface area (Å²) in [6.07, 6.45) is 0. The van der Waals surface area contributed by atoms with Crippen LogP contribution in [0.4, 0.5) is 5.69 Å². The molecule has 84 valence electrons. The van der Waals surface area contributed by atoms with Crippen molar-refractivity contribution in [3.05, 3.63) is 34.6 Å². The first-order valence-electron chi connectivity index (χ1n) is 4.62. The number of thioether (sulfide) groups is 1. The van der Waals surface area contributed by atoms with Crippen LogP contribution in [-0.4, -0.2) is 10.3 Å². The van der Waals surface area contributed by atoms with E-state index in [2.05, 4.69) is 14.9 Å². The summed E-state index contributed by atoms with van der Waals surface area (Å²) in [5.74, 6) is 0.680. The van der Waals surface area contributed by atoms with Crippen molar-refractivity contribution in [1.82, 2.24) is 10.3 Å². The van der Waals surface area contributed by atoms with Gasteiger partial charge < -0.3 is 5.73 Å². The van der Waals surface area contributed by atoms with Gasteiger partial charge in [0.15, 0.2) is 0 Å². The highest BCUT2D eigenvalue weighted by Gasteiger charge is 2.07. The fourth-order valence-corrected chi connectivity index (χ4v) is 2.43. The molecule has 4 nitrogen and oxygen atoms in total. The zero-order valence-corrected chi connectivity index (χ0v) is 10.2. The molecular formula is C10H10ClN3OS. The molecule has 0 aliphatic heterocycles. The molecule has 0 aliphatic rings. The molecular weight excluding hydrogens is 246 g/mol. The van der Waals surface area contributed by atoms with E-state index in [0.717, 1.165) is 16.3 Å². The van der Waals surface area contributed by atoms with E-state index < -0.39 is 0 Å². The Morgan fingerprint density at radius 1 is 1.44 bits per heavy atom. The van der Waals surface area contributed by atoms with E-state index >= 15 is 0 Å². The maximum absolute atomic E-state index is 6.05. The summed E-state index contributed by atoms with van der Waals surface area (Å²) >= 11 is 7.63. The monoisotopic (exact) mass is 255 g/mol. The van der Waals surface area contributed by atoms with Gasteiger partial charge in [-0.15, -0.1) is 11.8 Å². The minimum Gasteiger partial charge on any atom is -0.399 e. The molecule has 2 rings (SSSR count). The number of anilines is 1. The SMILES string of the molecule is Cc1nonc1CSc1ccc(N)cc1Cl. The van der Waals surface area contributed by atoms with Gasteiger partial charge in [0, 0.05) is 16.3 Å². The lowest BCUT2D eigenvalue weighted by Crippen LogP contribution is -1.87. The average Bonchev–Trinajstić information content (AvgIpc) is 2.63. The summed E-state index contributed by atoms with van der Waals surface area (Å²) in [4.78, 5) is 0.971. The van der Waals surface area contributed by atoms with Crippen LogP contribution >= 0.6 is 23.4 Å². The van der Waals surface area contributed by atoms with Crippen molar-refractivity contribution in [3.8, 4) is 0 Å². The number of benzene rings is 1. The van der Waals surface area contributed by atoms with Gasteiger partial charge in [-0.05, 0) is 25.1 Å². The van der Waals surface area contributed by atoms with Crippen LogP contribution in [0, 0.1) is 6.92 Å². The van der Waals surface area contributed by atoms with Crippen molar-refractivity contribution < 1.29 is 4.63 Å². The first-order valence-corrected chi connectivity index (χ1v) is 5.99. The largest absolute Gasteiger partial charge is 0.399 e. The lowest BCUT2D eigenvalue weighted by Gasteiger charge is -2.03. The molecule has 16 heavy (non-hydrogen) atoms. The quantitative estimate of drug-likeness (QED) is 0.675. The highest BCUT2D eigenvalue weighted by molar-refractivity contribution is 7.98. The van der Waals surface area contributed by atoms with Crippen LogP contribution in [-0.2, 0) is 5.75 Å². The number of nitrogens with zero attached hydrogens (tertiary/aromatic N) is 2. The molecule has 0 atom stereocenters. The third-order valence-electron chi connectivity index (χ3n) is 2.07. The Balaban J connectivity index is 2.08. The number of rotatable bonds is 3. The second-order valence-electron chi connectivity index (χ2n) is 3.27. The molecule has 2 aromatic rings. The van der Waals surface area contributed by atoms with Gasteiger partial charge in [0.05, 0.1) is 5.02 Å². The van der Waals surface area contributed by atoms with Crippen LogP contribution in [0.25, 0.3) is 0 Å². The summed E-state index contributed by atoms with van der Waals surface area (Å²) in [6.45, 7) is 1.86. The van der Waals surface area contributed by atoms with E-state index in [4.69, 9.17) is 17.3 Å². The van der Waals surface area contributed by atoms with E-state index in [1.54, 1.807) is 17.8 Å². The molecule has 1 aromatic carbocycles. The van der Waals surface area contributed by atoms with Crippen LogP contribution in [0.2, 0.25) is 5.02 Å². The van der Waals surface area contributed by atoms with Gasteiger partial charge in [-0.2, -0.15) is 0 Å². The Kier molecular flexibility index (Phi) is 3.36. The van der Waals surface area contributed by atoms with E-state index in [1.807, 2.05) is 19.1 Å². The van der Waals surface area contributed by atoms with Crippen LogP contribution in [0.15, 0.2) is 27.7 Å². The normalized spacial score (nSPS) is 10.6. The van der Waals surface area contributed by atoms with Gasteiger partial charge in [0.2, 0.25) is 0 Å². The van der Waals surface area contributed by atoms with Crippen molar-refractivity contribution in [2.45, 2.75) is 17.6 Å². The maximum atomic E-state index is 6.05. The predicted octanol–water partition coefficient (Wildman–Crippen LogP) is 2.91. The number of nitrogen functional groups attached to an aromatic ring is 1. The van der Waals surface area contributed by atoms with Gasteiger partial charge in [-0.25, -0.2) is 4.63 Å². The molecule has 1 aromatic heterocycles. The number of aromatic nitrogens is 2. The first-order chi connectivity index (χ1) is 7.66. The van der Waals surface area contributed by atoms with E-state index in [1.165, 1.54) is 0 Å². The molecule has 0 bridgehead atoms. The van der Waals surface area contributed by atoms with E-state index in [-0.39, 0.29) is 0 Å². The van der Waals surface area contributed by atoms with Crippen LogP contribution < -0.4 is 5.73 Å². The number of hydrogen-bond acceptors (Lipinski definition) is 5. The second kappa shape index (κ2) is 4.76. The summed E-state index contributed by atoms with van der Waals surface area (Å²) in [6, 6.07) is 5.45. The van der Waals surface area contributed by atoms with Crippen molar-refractivity contribution in [1.29, 1.82) is 0 Å². The number of halogens is 1. The lowest BCUT2D eigenvalue weighted by atomic mass is 10.3. The predicted molar refractivity (Wildman–Crippen MR) is 64.5 cm³/mol. The number of nitrogens with two attached hydrogens (primary N) is 1. The van der Waals surface area contributed by atoms with Gasteiger partial charge in [0.25, 0.3) is 0 Å². The minimum absolute atomic E-state index is 0.652. The Hall–Kier alpha value is -1.20. The highest BCUT2D eigenvalue weighted by Crippen LogP contribution is 2.31. The van der Waals surface area contributed by atoms with Crippen molar-refractivity contribution in [2.24, 2.45) is 0 Å². The van der Waals surface area contributed by atoms with Gasteiger partial charge in [-0.3, -0.25) is 0 Å². The van der Waals surface area contributed by atoms with Crippen molar-refractivity contribution >= 4 is 29.1 Å². The molecule has 0 amide bonds. The standard InChI is InChI=1S/C10H10ClN3OS/c1-6-9(14-15-13-6)5-16-10-3-2-7(12)4-8(10)11/h2-4H,5,12H2,1H3. The summed E-state index contributed by atoms with van der Waals surface area (Å²) in [5, 5.41) is 8.17. The fourth-order valence-electron chi connectivity index (χ4n) is 1.16. The zero-order chi connectivity index (χ0) is 11.5.